The molecule has 0 spiro atoms. The van der Waals surface area contributed by atoms with E-state index in [-0.39, 0.29) is 0 Å². The number of halogens is 1. The summed E-state index contributed by atoms with van der Waals surface area (Å²) in [6.45, 7) is 4.52. The minimum atomic E-state index is 0.763. The number of likely N-dealkylation sites (tertiary alicyclic amines) is 1. The Kier molecular flexibility index (Phi) is 5.30. The fourth-order valence-corrected chi connectivity index (χ4v) is 2.72. The number of hydrogen-bond donors (Lipinski definition) is 1. The van der Waals surface area contributed by atoms with Gasteiger partial charge in [-0.15, -0.1) is 0 Å². The third-order valence-electron chi connectivity index (χ3n) is 3.60. The smallest absolute Gasteiger partial charge is 0.0120 e. The van der Waals surface area contributed by atoms with Gasteiger partial charge in [-0.2, -0.15) is 0 Å². The molecule has 1 N–H and O–H groups in total. The molecule has 0 bridgehead atoms. The molecule has 1 aromatic carbocycles. The number of piperidine rings is 1. The SMILES string of the molecule is ClNCCCN1CCC(c2ccccc2)CC1. The highest BCUT2D eigenvalue weighted by molar-refractivity contribution is 6.13. The van der Waals surface area contributed by atoms with Crippen LogP contribution in [0.2, 0.25) is 0 Å². The average molecular weight is 253 g/mol. The van der Waals surface area contributed by atoms with Crippen molar-refractivity contribution in [3.8, 4) is 0 Å². The van der Waals surface area contributed by atoms with Gasteiger partial charge >= 0.3 is 0 Å². The van der Waals surface area contributed by atoms with Gasteiger partial charge in [-0.25, -0.2) is 4.84 Å². The monoisotopic (exact) mass is 252 g/mol. The molecule has 1 fully saturated rings. The van der Waals surface area contributed by atoms with Gasteiger partial charge in [0.1, 0.15) is 0 Å². The Hall–Kier alpha value is -0.570. The van der Waals surface area contributed by atoms with Gasteiger partial charge in [-0.3, -0.25) is 0 Å². The van der Waals surface area contributed by atoms with Crippen LogP contribution in [0.4, 0.5) is 0 Å². The first-order valence-corrected chi connectivity index (χ1v) is 6.89. The Morgan fingerprint density at radius 1 is 1.18 bits per heavy atom. The lowest BCUT2D eigenvalue weighted by Crippen LogP contribution is -2.34. The number of nitrogens with one attached hydrogen (secondary N) is 1. The van der Waals surface area contributed by atoms with Crippen molar-refractivity contribution in [2.75, 3.05) is 26.2 Å². The summed E-state index contributed by atoms with van der Waals surface area (Å²) in [5, 5.41) is 0. The minimum Gasteiger partial charge on any atom is -0.303 e. The van der Waals surface area contributed by atoms with Crippen molar-refractivity contribution in [3.63, 3.8) is 0 Å². The topological polar surface area (TPSA) is 15.3 Å². The normalized spacial score (nSPS) is 18.4. The quantitative estimate of drug-likeness (QED) is 0.640. The molecule has 0 unspecified atom stereocenters. The van der Waals surface area contributed by atoms with Crippen LogP contribution >= 0.6 is 11.8 Å². The zero-order valence-corrected chi connectivity index (χ0v) is 11.0. The Bertz CT molecular complexity index is 307. The molecule has 0 aliphatic carbocycles. The molecule has 94 valence electrons. The summed E-state index contributed by atoms with van der Waals surface area (Å²) in [4.78, 5) is 5.24. The first kappa shape index (κ1) is 12.9. The summed E-state index contributed by atoms with van der Waals surface area (Å²) in [7, 11) is 0. The number of hydrogen-bond acceptors (Lipinski definition) is 2. The van der Waals surface area contributed by atoms with E-state index in [2.05, 4.69) is 40.1 Å². The fraction of sp³-hybridized carbons (Fsp3) is 0.571. The van der Waals surface area contributed by atoms with Gasteiger partial charge in [-0.1, -0.05) is 30.3 Å². The van der Waals surface area contributed by atoms with Crippen molar-refractivity contribution in [2.45, 2.75) is 25.2 Å². The summed E-state index contributed by atoms with van der Waals surface area (Å²) >= 11 is 5.45. The molecule has 3 heteroatoms. The maximum Gasteiger partial charge on any atom is 0.0120 e. The standard InChI is InChI=1S/C14H21ClN2/c15-16-9-4-10-17-11-7-14(8-12-17)13-5-2-1-3-6-13/h1-3,5-6,14,16H,4,7-12H2. The third kappa shape index (κ3) is 3.98. The van der Waals surface area contributed by atoms with Gasteiger partial charge < -0.3 is 4.90 Å². The first-order valence-electron chi connectivity index (χ1n) is 6.51. The molecule has 1 aromatic rings. The van der Waals surface area contributed by atoms with Crippen LogP contribution in [0.5, 0.6) is 0 Å². The molecular formula is C14H21ClN2. The molecule has 2 rings (SSSR count). The van der Waals surface area contributed by atoms with Gasteiger partial charge in [-0.05, 0) is 62.2 Å². The number of rotatable bonds is 5. The first-order chi connectivity index (χ1) is 8.40. The summed E-state index contributed by atoms with van der Waals surface area (Å²) in [6, 6.07) is 10.9. The van der Waals surface area contributed by atoms with Crippen LogP contribution < -0.4 is 4.84 Å². The van der Waals surface area contributed by atoms with E-state index in [1.165, 1.54) is 38.0 Å². The zero-order valence-electron chi connectivity index (χ0n) is 10.2. The molecule has 2 nitrogen and oxygen atoms in total. The minimum absolute atomic E-state index is 0.763. The van der Waals surface area contributed by atoms with E-state index in [0.29, 0.717) is 0 Å². The van der Waals surface area contributed by atoms with Crippen LogP contribution in [0.1, 0.15) is 30.7 Å². The second-order valence-corrected chi connectivity index (χ2v) is 5.03. The lowest BCUT2D eigenvalue weighted by Gasteiger charge is -2.32. The molecule has 1 heterocycles. The third-order valence-corrected chi connectivity index (χ3v) is 3.79. The molecular weight excluding hydrogens is 232 g/mol. The lowest BCUT2D eigenvalue weighted by atomic mass is 9.89. The largest absolute Gasteiger partial charge is 0.303 e. The van der Waals surface area contributed by atoms with Crippen molar-refractivity contribution in [2.24, 2.45) is 0 Å². The maximum atomic E-state index is 5.45. The average Bonchev–Trinajstić information content (AvgIpc) is 2.41. The van der Waals surface area contributed by atoms with Crippen LogP contribution in [0.15, 0.2) is 30.3 Å². The number of benzene rings is 1. The van der Waals surface area contributed by atoms with E-state index in [1.54, 1.807) is 0 Å². The van der Waals surface area contributed by atoms with E-state index < -0.39 is 0 Å². The number of nitrogens with zero attached hydrogens (tertiary/aromatic N) is 1. The summed E-state index contributed by atoms with van der Waals surface area (Å²) < 4.78 is 0. The van der Waals surface area contributed by atoms with Crippen molar-refractivity contribution in [1.29, 1.82) is 0 Å². The van der Waals surface area contributed by atoms with Gasteiger partial charge in [0.05, 0.1) is 0 Å². The predicted octanol–water partition coefficient (Wildman–Crippen LogP) is 3.00. The maximum absolute atomic E-state index is 5.45. The van der Waals surface area contributed by atoms with Crippen molar-refractivity contribution >= 4 is 11.8 Å². The van der Waals surface area contributed by atoms with Gasteiger partial charge in [0, 0.05) is 6.54 Å². The Labute approximate surface area is 109 Å². The Morgan fingerprint density at radius 3 is 2.53 bits per heavy atom. The van der Waals surface area contributed by atoms with Crippen LogP contribution in [-0.4, -0.2) is 31.1 Å². The zero-order chi connectivity index (χ0) is 11.9. The van der Waals surface area contributed by atoms with E-state index in [0.717, 1.165) is 18.9 Å². The van der Waals surface area contributed by atoms with E-state index >= 15 is 0 Å². The molecule has 1 aliphatic rings. The molecule has 17 heavy (non-hydrogen) atoms. The van der Waals surface area contributed by atoms with Gasteiger partial charge in [0.25, 0.3) is 0 Å². The highest BCUT2D eigenvalue weighted by Crippen LogP contribution is 2.27. The molecule has 0 amide bonds. The van der Waals surface area contributed by atoms with Crippen LogP contribution in [0.3, 0.4) is 0 Å². The summed E-state index contributed by atoms with van der Waals surface area (Å²) in [6.07, 6.45) is 3.72. The molecule has 0 aromatic heterocycles. The second-order valence-electron chi connectivity index (χ2n) is 4.76. The van der Waals surface area contributed by atoms with Crippen molar-refractivity contribution in [1.82, 2.24) is 9.74 Å². The lowest BCUT2D eigenvalue weighted by molar-refractivity contribution is 0.211. The van der Waals surface area contributed by atoms with Crippen LogP contribution in [-0.2, 0) is 0 Å². The molecule has 1 saturated heterocycles. The molecule has 0 saturated carbocycles. The van der Waals surface area contributed by atoms with E-state index in [4.69, 9.17) is 11.8 Å². The Morgan fingerprint density at radius 2 is 1.88 bits per heavy atom. The van der Waals surface area contributed by atoms with Crippen LogP contribution in [0.25, 0.3) is 0 Å². The van der Waals surface area contributed by atoms with Crippen LogP contribution in [0, 0.1) is 0 Å². The van der Waals surface area contributed by atoms with E-state index in [1.807, 2.05) is 0 Å². The highest BCUT2D eigenvalue weighted by atomic mass is 35.5. The van der Waals surface area contributed by atoms with Crippen molar-refractivity contribution < 1.29 is 0 Å². The highest BCUT2D eigenvalue weighted by Gasteiger charge is 2.19. The summed E-state index contributed by atoms with van der Waals surface area (Å²) in [5.41, 5.74) is 1.51. The van der Waals surface area contributed by atoms with Gasteiger partial charge in [0.2, 0.25) is 0 Å². The summed E-state index contributed by atoms with van der Waals surface area (Å²) in [5.74, 6) is 0.763. The second kappa shape index (κ2) is 7.00. The Balaban J connectivity index is 1.74. The fourth-order valence-electron chi connectivity index (χ4n) is 2.58. The molecule has 0 radical (unpaired) electrons. The van der Waals surface area contributed by atoms with Crippen molar-refractivity contribution in [3.05, 3.63) is 35.9 Å². The molecule has 0 atom stereocenters. The predicted molar refractivity (Wildman–Crippen MR) is 73.3 cm³/mol. The van der Waals surface area contributed by atoms with E-state index in [9.17, 15) is 0 Å². The van der Waals surface area contributed by atoms with Gasteiger partial charge in [0.15, 0.2) is 0 Å². The molecule has 1 aliphatic heterocycles.